The Hall–Kier alpha value is -16.1. The topological polar surface area (TPSA) is 666 Å². The number of aliphatic hydroxyl groups excluding tert-OH is 2. The van der Waals surface area contributed by atoms with Gasteiger partial charge in [-0.25, -0.2) is 4.98 Å². The smallest absolute Gasteiger partial charge is 0.324 e. The molecule has 2 fully saturated rings. The molecule has 149 heavy (non-hydrogen) atoms. The van der Waals surface area contributed by atoms with E-state index < -0.39 is 207 Å². The van der Waals surface area contributed by atoms with Gasteiger partial charge in [0.05, 0.1) is 37.1 Å². The number of carbonyl (C=O) groups excluding carboxylic acids is 15. The Morgan fingerprint density at radius 2 is 1.29 bits per heavy atom. The maximum Gasteiger partial charge on any atom is 0.324 e. The molecule has 0 saturated carbocycles. The second-order valence-electron chi connectivity index (χ2n) is 37.6. The quantitative estimate of drug-likeness (QED) is 0.00856. The average molecular weight is 2050 g/mol. The number of aromatic nitrogens is 5. The van der Waals surface area contributed by atoms with Crippen molar-refractivity contribution < 1.29 is 101 Å². The number of hydroxylamine groups is 1. The minimum absolute atomic E-state index is 0.0447. The van der Waals surface area contributed by atoms with E-state index in [9.17, 15) is 92.0 Å². The minimum Gasteiger partial charge on any atom is -0.481 e. The first kappa shape index (κ1) is 112. The summed E-state index contributed by atoms with van der Waals surface area (Å²) >= 11 is 0. The lowest BCUT2D eigenvalue weighted by Gasteiger charge is -2.28. The van der Waals surface area contributed by atoms with Gasteiger partial charge in [-0.05, 0) is 201 Å². The summed E-state index contributed by atoms with van der Waals surface area (Å²) in [6.07, 6.45) is 3.27. The van der Waals surface area contributed by atoms with Gasteiger partial charge in [0, 0.05) is 176 Å². The Morgan fingerprint density at radius 3 is 1.91 bits per heavy atom. The number of likely N-dealkylation sites (tertiary alicyclic amines) is 1. The summed E-state index contributed by atoms with van der Waals surface area (Å²) in [7, 11) is 1.88. The molecule has 8 aromatic rings. The van der Waals surface area contributed by atoms with Crippen LogP contribution < -0.4 is 101 Å². The zero-order valence-corrected chi connectivity index (χ0v) is 84.9. The monoisotopic (exact) mass is 2050 g/mol. The summed E-state index contributed by atoms with van der Waals surface area (Å²) in [5.41, 5.74) is 42.9. The van der Waals surface area contributed by atoms with E-state index in [0.717, 1.165) is 136 Å². The third-order valence-electron chi connectivity index (χ3n) is 27.4. The lowest BCUT2D eigenvalue weighted by molar-refractivity contribution is -0.537. The van der Waals surface area contributed by atoms with E-state index in [0.29, 0.717) is 35.6 Å². The van der Waals surface area contributed by atoms with Crippen LogP contribution in [-0.2, 0) is 83.2 Å². The molecular weight excluding hydrogens is 1920 g/mol. The summed E-state index contributed by atoms with van der Waals surface area (Å²) in [5, 5.41) is 65.0. The number of para-hydroxylation sites is 2. The number of carboxylic acid groups (broad SMARTS) is 1. The van der Waals surface area contributed by atoms with Crippen molar-refractivity contribution in [1.82, 2.24) is 78.2 Å². The van der Waals surface area contributed by atoms with Crippen LogP contribution in [0.25, 0.3) is 57.6 Å². The zero-order valence-electron chi connectivity index (χ0n) is 84.9. The van der Waals surface area contributed by atoms with Crippen LogP contribution in [0.3, 0.4) is 0 Å². The van der Waals surface area contributed by atoms with Gasteiger partial charge in [0.25, 0.3) is 5.52 Å². The molecule has 44 nitrogen and oxygen atoms in total. The van der Waals surface area contributed by atoms with Gasteiger partial charge >= 0.3 is 11.9 Å². The molecule has 792 valence electrons. The summed E-state index contributed by atoms with van der Waals surface area (Å²) in [4.78, 5) is 242. The summed E-state index contributed by atoms with van der Waals surface area (Å²) < 4.78 is 2.17. The molecule has 44 heteroatoms. The van der Waals surface area contributed by atoms with Gasteiger partial charge in [-0.15, -0.1) is 9.68 Å². The van der Waals surface area contributed by atoms with Crippen LogP contribution in [0, 0.1) is 32.6 Å². The van der Waals surface area contributed by atoms with E-state index in [4.69, 9.17) is 37.9 Å². The molecule has 12 rings (SSSR count). The van der Waals surface area contributed by atoms with Crippen molar-refractivity contribution in [2.75, 3.05) is 62.7 Å². The summed E-state index contributed by atoms with van der Waals surface area (Å²) in [6.45, 7) is 19.9. The Bertz CT molecular complexity index is 6680. The summed E-state index contributed by atoms with van der Waals surface area (Å²) in [6, 6.07) is 15.9. The number of carboxylic acids is 1. The average Bonchev–Trinajstić information content (AvgIpc) is 1.65. The normalized spacial score (nSPS) is 16.1. The highest BCUT2D eigenvalue weighted by Crippen LogP contribution is 2.46. The van der Waals surface area contributed by atoms with Gasteiger partial charge in [-0.3, -0.25) is 76.7 Å². The Kier molecular flexibility index (Phi) is 38.4. The molecule has 8 bridgehead atoms. The van der Waals surface area contributed by atoms with Crippen LogP contribution in [0.15, 0.2) is 119 Å². The fourth-order valence-electron chi connectivity index (χ4n) is 19.2. The molecule has 2 saturated heterocycles. The number of Topliss-reactive ketones (excluding diaryl/α,β-unsaturated/α-hetero) is 1. The molecule has 4 aromatic carbocycles. The Morgan fingerprint density at radius 1 is 0.651 bits per heavy atom. The third kappa shape index (κ3) is 28.0. The van der Waals surface area contributed by atoms with Gasteiger partial charge in [0.2, 0.25) is 88.0 Å². The maximum atomic E-state index is 14.4. The predicted molar refractivity (Wildman–Crippen MR) is 553 cm³/mol. The molecule has 0 unspecified atom stereocenters. The SMILES string of the molecule is C=Cc1c2[nH]c(c1C)C=C1NC(=C3CC(=O)c4c3[nH]c(c4C)C=c3[nH]c(c(C)c3CC)=C2)[C@@H](CCC(=O)N[C@H](C(=O)N[C@@H](CO)C(=O)NCC(=O)N2CCC[C@@H]2C(=O)N[C@H](CC(N)=O)C(=O)N[C@@H](CCC(N)=O)C(=O)N[C@@H](CCC(=O)O)C(=O)N[C@@H](CCC(N)=O)C(=O)N[C@@H](CCCCNOC(=O)CCCN(C)c2ccc(N=Nc3cccc4nc5ccc(N(CC)CC)cc5[n+](-c5ccccc5)c34)cc2)C(N)=O)[C@@H](C)O)[C@@H]1C. The standard InChI is InChI=1S/C105H132N24O20/c1-11-64-55(5)75-49-77-57(7)66(95(115-77)67-48-85(132)93-58(8)78(116-96(67)93)51-80-65(12-2)56(6)76(114-80)50-79(64)113-75)35-42-89(136)123-94(59(9)131)105(148)122-82(54-130)99(142)110-53-90(137)128-46-21-28-83(128)104(147)121-81(52-88(108)135)103(146)120-73(38-41-87(107)134)101(144)119-74(39-43-91(138)139)102(145)118-72(37-40-86(106)133)100(143)117-71(98(109)141)25-18-19-44-111-149-92(140)29-22-45-126(10)61-32-30-60(31-33-61)124-125-70-27-20-26-69-97(70)129(62-23-16-15-17-24-62)84-47-63(127(13-3)14-4)34-36-68(84)112-69/h11,15-17,20,23-24,26-27,30-34,36,47,49-51,57,59,66,71-74,81-83,94,111-112,130-131H,1,12-14,18-19,21-22,25,28-29,35,37-46,48,52-54H2,2-10H3,(H19,106,107,108,109,110,113,114,115,116,117,118,119,120,121,122,123,124,125,132,133,134,135,136,138,139,141,142,143,144,145,146,147,148)/p+1/t57-,59+,66-,71-,72-,73-,74-,81+,82-,83+,94-/m0/s1. The molecule has 0 spiro atoms. The van der Waals surface area contributed by atoms with Crippen LogP contribution in [0.5, 0.6) is 0 Å². The van der Waals surface area contributed by atoms with Crippen LogP contribution in [-0.4, -0.2) is 242 Å². The molecular formula is C105H133N24O20+. The number of azo groups is 1. The lowest BCUT2D eigenvalue weighted by atomic mass is 9.86. The number of benzene rings is 4. The zero-order chi connectivity index (χ0) is 108. The molecule has 11 atom stereocenters. The molecule has 4 aliphatic rings. The van der Waals surface area contributed by atoms with Crippen molar-refractivity contribution in [1.29, 1.82) is 0 Å². The number of rotatable bonds is 52. The van der Waals surface area contributed by atoms with E-state index >= 15 is 0 Å². The lowest BCUT2D eigenvalue weighted by Crippen LogP contribution is -2.60. The number of aliphatic carboxylic acids is 1. The predicted octanol–water partition coefficient (Wildman–Crippen LogP) is 2.75. The van der Waals surface area contributed by atoms with Gasteiger partial charge in [-0.2, -0.15) is 10.6 Å². The number of ketones is 1. The molecule has 7 heterocycles. The molecule has 13 amide bonds. The van der Waals surface area contributed by atoms with Gasteiger partial charge in [0.15, 0.2) is 11.5 Å². The highest BCUT2D eigenvalue weighted by Gasteiger charge is 2.43. The number of H-pyrrole nitrogens is 3. The molecule has 1 aliphatic carbocycles. The number of allylic oxidation sites excluding steroid dienone is 3. The highest BCUT2D eigenvalue weighted by molar-refractivity contribution is 6.13. The van der Waals surface area contributed by atoms with E-state index in [2.05, 4.69) is 135 Å². The number of unbranched alkanes of at least 4 members (excludes halogenated alkanes) is 1. The molecule has 0 radical (unpaired) electrons. The number of nitrogens with zero attached hydrogens (tertiary/aromatic N) is 7. The first-order chi connectivity index (χ1) is 71.2. The minimum atomic E-state index is -1.94. The van der Waals surface area contributed by atoms with Crippen molar-refractivity contribution in [3.63, 3.8) is 0 Å². The van der Waals surface area contributed by atoms with Crippen molar-refractivity contribution in [2.24, 2.45) is 45.0 Å². The number of anilines is 2. The number of carbonyl (C=O) groups is 16. The molecule has 3 aliphatic heterocycles. The Balaban J connectivity index is 0.600. The number of aromatic amines is 3. The highest BCUT2D eigenvalue weighted by atomic mass is 16.7. The van der Waals surface area contributed by atoms with E-state index in [1.807, 2.05) is 124 Å². The molecule has 4 aromatic heterocycles. The number of aliphatic hydroxyl groups is 2. The van der Waals surface area contributed by atoms with Crippen molar-refractivity contribution in [3.8, 4) is 5.69 Å². The van der Waals surface area contributed by atoms with E-state index in [1.165, 1.54) is 6.92 Å². The Labute approximate surface area is 859 Å². The number of fused-ring (bicyclic) bond motifs is 9. The van der Waals surface area contributed by atoms with Gasteiger partial charge in [0.1, 0.15) is 59.4 Å². The van der Waals surface area contributed by atoms with Crippen molar-refractivity contribution in [2.45, 2.75) is 225 Å². The maximum absolute atomic E-state index is 14.4. The number of primary amides is 4. The van der Waals surface area contributed by atoms with Gasteiger partial charge in [-0.1, -0.05) is 50.8 Å². The second kappa shape index (κ2) is 51.3. The fraction of sp³-hybridized carbons (Fsp3) is 0.429. The largest absolute Gasteiger partial charge is 0.481 e. The first-order valence-electron chi connectivity index (χ1n) is 50.0. The van der Waals surface area contributed by atoms with Crippen LogP contribution in [0.4, 0.5) is 22.7 Å². The number of hydrogen-bond donors (Lipinski definition) is 20. The molecule has 24 N–H and O–H groups in total. The first-order valence-corrected chi connectivity index (χ1v) is 50.0. The fourth-order valence-corrected chi connectivity index (χ4v) is 19.2. The number of hydrogen-bond acceptors (Lipinski definition) is 26. The number of nitrogens with two attached hydrogens (primary N) is 4. The van der Waals surface area contributed by atoms with E-state index in [-0.39, 0.29) is 82.6 Å². The third-order valence-corrected chi connectivity index (χ3v) is 27.4. The van der Waals surface area contributed by atoms with Crippen LogP contribution in [0.2, 0.25) is 0 Å². The van der Waals surface area contributed by atoms with E-state index in [1.54, 1.807) is 6.08 Å². The number of nitrogens with one attached hydrogen (secondary N) is 13. The second-order valence-corrected chi connectivity index (χ2v) is 37.6. The number of amides is 13. The summed E-state index contributed by atoms with van der Waals surface area (Å²) in [5.74, 6) is -16.6. The van der Waals surface area contributed by atoms with Crippen molar-refractivity contribution >= 4 is 169 Å². The van der Waals surface area contributed by atoms with Crippen LogP contribution in [0.1, 0.15) is 205 Å². The van der Waals surface area contributed by atoms with Crippen LogP contribution >= 0.6 is 0 Å². The van der Waals surface area contributed by atoms with Crippen molar-refractivity contribution in [3.05, 3.63) is 176 Å². The van der Waals surface area contributed by atoms with Gasteiger partial charge < -0.3 is 121 Å².